The summed E-state index contributed by atoms with van der Waals surface area (Å²) in [7, 11) is 0. The summed E-state index contributed by atoms with van der Waals surface area (Å²) in [6, 6.07) is 0. The molecule has 0 N–H and O–H groups in total. The van der Waals surface area contributed by atoms with Crippen molar-refractivity contribution in [3.8, 4) is 0 Å². The largest absolute Gasteiger partial charge is 0.0961 e. The second kappa shape index (κ2) is 4.30. The molecular formula is C12H18. The molecule has 66 valence electrons. The minimum atomic E-state index is 0.755. The lowest BCUT2D eigenvalue weighted by Gasteiger charge is -2.16. The van der Waals surface area contributed by atoms with E-state index in [9.17, 15) is 0 Å². The van der Waals surface area contributed by atoms with Crippen molar-refractivity contribution in [3.63, 3.8) is 0 Å². The van der Waals surface area contributed by atoms with E-state index in [0.717, 1.165) is 11.5 Å². The molecule has 1 unspecified atom stereocenters. The summed E-state index contributed by atoms with van der Waals surface area (Å²) in [5.74, 6) is 0.755. The Morgan fingerprint density at radius 1 is 1.67 bits per heavy atom. The summed E-state index contributed by atoms with van der Waals surface area (Å²) in [4.78, 5) is 0. The van der Waals surface area contributed by atoms with Crippen molar-refractivity contribution in [3.05, 3.63) is 36.0 Å². The van der Waals surface area contributed by atoms with Gasteiger partial charge in [-0.3, -0.25) is 0 Å². The zero-order valence-electron chi connectivity index (χ0n) is 8.14. The van der Waals surface area contributed by atoms with Crippen LogP contribution in [0.2, 0.25) is 0 Å². The number of hydrogen-bond donors (Lipinski definition) is 0. The van der Waals surface area contributed by atoms with Gasteiger partial charge in [0.25, 0.3) is 0 Å². The molecule has 0 heteroatoms. The van der Waals surface area contributed by atoms with Crippen LogP contribution in [0.4, 0.5) is 0 Å². The molecule has 0 nitrogen and oxygen atoms in total. The van der Waals surface area contributed by atoms with Crippen LogP contribution in [0.1, 0.15) is 33.1 Å². The minimum Gasteiger partial charge on any atom is -0.0961 e. The van der Waals surface area contributed by atoms with Gasteiger partial charge in [-0.05, 0) is 39.0 Å². The highest BCUT2D eigenvalue weighted by Gasteiger charge is 2.08. The molecule has 0 heterocycles. The number of hydrogen-bond acceptors (Lipinski definition) is 0. The van der Waals surface area contributed by atoms with Gasteiger partial charge in [0.2, 0.25) is 0 Å². The van der Waals surface area contributed by atoms with Crippen LogP contribution in [0.15, 0.2) is 36.0 Å². The van der Waals surface area contributed by atoms with Gasteiger partial charge >= 0.3 is 0 Å². The Bertz CT molecular complexity index is 218. The van der Waals surface area contributed by atoms with Crippen molar-refractivity contribution in [2.75, 3.05) is 0 Å². The van der Waals surface area contributed by atoms with Gasteiger partial charge in [-0.2, -0.15) is 0 Å². The summed E-state index contributed by atoms with van der Waals surface area (Å²) in [6.45, 7) is 8.12. The van der Waals surface area contributed by atoms with E-state index in [-0.39, 0.29) is 0 Å². The van der Waals surface area contributed by atoms with Gasteiger partial charge in [0.1, 0.15) is 0 Å². The first-order valence-electron chi connectivity index (χ1n) is 4.68. The molecule has 0 saturated carbocycles. The van der Waals surface area contributed by atoms with E-state index in [2.05, 4.69) is 31.7 Å². The maximum absolute atomic E-state index is 3.85. The zero-order chi connectivity index (χ0) is 8.97. The fourth-order valence-corrected chi connectivity index (χ4v) is 1.46. The Balaban J connectivity index is 2.42. The molecule has 0 fully saturated rings. The summed E-state index contributed by atoms with van der Waals surface area (Å²) < 4.78 is 0. The molecule has 0 aromatic rings. The third kappa shape index (κ3) is 3.08. The molecule has 0 aliphatic heterocycles. The molecule has 0 bridgehead atoms. The topological polar surface area (TPSA) is 0 Å². The molecule has 1 atom stereocenters. The summed E-state index contributed by atoms with van der Waals surface area (Å²) in [5, 5.41) is 0. The quantitative estimate of drug-likeness (QED) is 0.427. The lowest BCUT2D eigenvalue weighted by Crippen LogP contribution is -2.01. The molecular weight excluding hydrogens is 144 g/mol. The summed E-state index contributed by atoms with van der Waals surface area (Å²) in [5.41, 5.74) is 2.70. The second-order valence-electron chi connectivity index (χ2n) is 3.79. The molecule has 12 heavy (non-hydrogen) atoms. The Hall–Kier alpha value is -0.780. The van der Waals surface area contributed by atoms with Crippen LogP contribution in [-0.2, 0) is 0 Å². The van der Waals surface area contributed by atoms with Crippen LogP contribution in [0.25, 0.3) is 0 Å². The Kier molecular flexibility index (Phi) is 3.33. The van der Waals surface area contributed by atoms with Crippen LogP contribution in [0.5, 0.6) is 0 Å². The van der Waals surface area contributed by atoms with Gasteiger partial charge in [0.05, 0.1) is 0 Å². The molecule has 0 spiro atoms. The maximum atomic E-state index is 3.85. The van der Waals surface area contributed by atoms with Crippen molar-refractivity contribution in [1.82, 2.24) is 0 Å². The van der Waals surface area contributed by atoms with Crippen LogP contribution in [0.3, 0.4) is 0 Å². The summed E-state index contributed by atoms with van der Waals surface area (Å²) in [6.07, 6.45) is 10.6. The van der Waals surface area contributed by atoms with Gasteiger partial charge in [-0.25, -0.2) is 0 Å². The molecule has 0 amide bonds. The average Bonchev–Trinajstić information content (AvgIpc) is 2.03. The standard InChI is InChI=1S/C12H18/c1-10(2)4-7-12-8-5-11(3)6-9-12/h4-5,7,12H,1,6,8-9H2,2-3H3. The van der Waals surface area contributed by atoms with E-state index in [1.165, 1.54) is 19.3 Å². The third-order valence-electron chi connectivity index (χ3n) is 2.33. The van der Waals surface area contributed by atoms with E-state index in [4.69, 9.17) is 0 Å². The number of rotatable bonds is 2. The number of allylic oxidation sites excluding steroid dienone is 5. The van der Waals surface area contributed by atoms with Crippen molar-refractivity contribution in [1.29, 1.82) is 0 Å². The molecule has 1 aliphatic carbocycles. The Morgan fingerprint density at radius 3 is 2.92 bits per heavy atom. The fourth-order valence-electron chi connectivity index (χ4n) is 1.46. The highest BCUT2D eigenvalue weighted by molar-refractivity contribution is 5.14. The van der Waals surface area contributed by atoms with Crippen LogP contribution < -0.4 is 0 Å². The highest BCUT2D eigenvalue weighted by Crippen LogP contribution is 2.24. The Morgan fingerprint density at radius 2 is 2.42 bits per heavy atom. The van der Waals surface area contributed by atoms with Gasteiger partial charge in [-0.15, -0.1) is 0 Å². The fraction of sp³-hybridized carbons (Fsp3) is 0.500. The molecule has 1 rings (SSSR count). The van der Waals surface area contributed by atoms with E-state index < -0.39 is 0 Å². The van der Waals surface area contributed by atoms with Gasteiger partial charge in [0, 0.05) is 0 Å². The predicted octanol–water partition coefficient (Wildman–Crippen LogP) is 3.87. The van der Waals surface area contributed by atoms with Gasteiger partial charge in [0.15, 0.2) is 0 Å². The summed E-state index contributed by atoms with van der Waals surface area (Å²) >= 11 is 0. The van der Waals surface area contributed by atoms with E-state index in [1.807, 2.05) is 6.92 Å². The zero-order valence-corrected chi connectivity index (χ0v) is 8.14. The van der Waals surface area contributed by atoms with Crippen molar-refractivity contribution in [2.45, 2.75) is 33.1 Å². The third-order valence-corrected chi connectivity index (χ3v) is 2.33. The van der Waals surface area contributed by atoms with E-state index in [0.29, 0.717) is 0 Å². The molecule has 0 saturated heterocycles. The lowest BCUT2D eigenvalue weighted by atomic mass is 9.90. The van der Waals surface area contributed by atoms with Gasteiger partial charge < -0.3 is 0 Å². The monoisotopic (exact) mass is 162 g/mol. The lowest BCUT2D eigenvalue weighted by molar-refractivity contribution is 0.567. The van der Waals surface area contributed by atoms with Crippen LogP contribution >= 0.6 is 0 Å². The molecule has 0 aromatic carbocycles. The van der Waals surface area contributed by atoms with E-state index >= 15 is 0 Å². The second-order valence-corrected chi connectivity index (χ2v) is 3.79. The van der Waals surface area contributed by atoms with E-state index in [1.54, 1.807) is 5.57 Å². The first-order valence-corrected chi connectivity index (χ1v) is 4.68. The normalized spacial score (nSPS) is 24.2. The highest BCUT2D eigenvalue weighted by atomic mass is 14.1. The van der Waals surface area contributed by atoms with Crippen molar-refractivity contribution >= 4 is 0 Å². The molecule has 0 radical (unpaired) electrons. The average molecular weight is 162 g/mol. The molecule has 1 aliphatic rings. The van der Waals surface area contributed by atoms with Gasteiger partial charge in [-0.1, -0.05) is 36.0 Å². The van der Waals surface area contributed by atoms with Crippen LogP contribution in [0, 0.1) is 5.92 Å². The van der Waals surface area contributed by atoms with Crippen molar-refractivity contribution in [2.24, 2.45) is 5.92 Å². The minimum absolute atomic E-state index is 0.755. The maximum Gasteiger partial charge on any atom is -0.0193 e. The SMILES string of the molecule is C=C(C)C=CC1CC=C(C)CC1. The van der Waals surface area contributed by atoms with Crippen LogP contribution in [-0.4, -0.2) is 0 Å². The van der Waals surface area contributed by atoms with Crippen molar-refractivity contribution < 1.29 is 0 Å². The first kappa shape index (κ1) is 9.31. The Labute approximate surface area is 75.7 Å². The predicted molar refractivity (Wildman–Crippen MR) is 55.1 cm³/mol. The molecule has 0 aromatic heterocycles. The first-order chi connectivity index (χ1) is 5.68. The smallest absolute Gasteiger partial charge is 0.0193 e.